The minimum atomic E-state index is -0.415. The zero-order chi connectivity index (χ0) is 24.2. The summed E-state index contributed by atoms with van der Waals surface area (Å²) in [6.45, 7) is 4.67. The zero-order valence-corrected chi connectivity index (χ0v) is 19.2. The van der Waals surface area contributed by atoms with E-state index in [1.54, 1.807) is 35.6 Å². The molecular formula is C25H27N5O4. The van der Waals surface area contributed by atoms with E-state index >= 15 is 0 Å². The Morgan fingerprint density at radius 3 is 2.47 bits per heavy atom. The number of aryl methyl sites for hydroxylation is 1. The van der Waals surface area contributed by atoms with Crippen LogP contribution in [0.4, 0.5) is 11.4 Å². The number of hydrogen-bond acceptors (Lipinski definition) is 5. The molecule has 0 radical (unpaired) electrons. The molecule has 34 heavy (non-hydrogen) atoms. The SMILES string of the molecule is Cc1nn(Cc2ccc(C(=O)N3CCCC(C(=O)Nc4ccccc4)C3)cc2)c(C)c1[N+](=O)[O-]. The molecule has 1 aliphatic rings. The van der Waals surface area contributed by atoms with Gasteiger partial charge in [0.15, 0.2) is 0 Å². The van der Waals surface area contributed by atoms with Crippen molar-refractivity contribution in [2.45, 2.75) is 33.2 Å². The van der Waals surface area contributed by atoms with Gasteiger partial charge in [-0.3, -0.25) is 24.4 Å². The van der Waals surface area contributed by atoms with Gasteiger partial charge in [0, 0.05) is 24.3 Å². The van der Waals surface area contributed by atoms with Crippen molar-refractivity contribution in [2.24, 2.45) is 5.92 Å². The highest BCUT2D eigenvalue weighted by Crippen LogP contribution is 2.23. The van der Waals surface area contributed by atoms with Gasteiger partial charge >= 0.3 is 5.69 Å². The molecule has 0 aliphatic carbocycles. The Balaban J connectivity index is 1.40. The van der Waals surface area contributed by atoms with Gasteiger partial charge in [0.25, 0.3) is 5.91 Å². The number of hydrogen-bond donors (Lipinski definition) is 1. The second-order valence-corrected chi connectivity index (χ2v) is 8.58. The molecule has 2 heterocycles. The molecule has 176 valence electrons. The first-order valence-corrected chi connectivity index (χ1v) is 11.3. The first-order chi connectivity index (χ1) is 16.3. The van der Waals surface area contributed by atoms with E-state index < -0.39 is 4.92 Å². The second kappa shape index (κ2) is 9.86. The fourth-order valence-corrected chi connectivity index (χ4v) is 4.36. The molecule has 9 nitrogen and oxygen atoms in total. The number of carbonyl (C=O) groups is 2. The lowest BCUT2D eigenvalue weighted by Gasteiger charge is -2.32. The van der Waals surface area contributed by atoms with Gasteiger partial charge in [0.05, 0.1) is 17.4 Å². The van der Waals surface area contributed by atoms with Crippen molar-refractivity contribution in [3.8, 4) is 0 Å². The molecule has 9 heteroatoms. The monoisotopic (exact) mass is 461 g/mol. The molecule has 1 atom stereocenters. The van der Waals surface area contributed by atoms with E-state index in [9.17, 15) is 19.7 Å². The predicted molar refractivity (Wildman–Crippen MR) is 128 cm³/mol. The van der Waals surface area contributed by atoms with Gasteiger partial charge in [0.2, 0.25) is 5.91 Å². The second-order valence-electron chi connectivity index (χ2n) is 8.58. The lowest BCUT2D eigenvalue weighted by Crippen LogP contribution is -2.43. The molecule has 1 fully saturated rings. The molecule has 1 N–H and O–H groups in total. The number of likely N-dealkylation sites (tertiary alicyclic amines) is 1. The Morgan fingerprint density at radius 1 is 1.12 bits per heavy atom. The molecule has 1 unspecified atom stereocenters. The fraction of sp³-hybridized carbons (Fsp3) is 0.320. The standard InChI is InChI=1S/C25H27N5O4/c1-17-23(30(33)34)18(2)29(27-17)15-19-10-12-20(13-11-19)25(32)28-14-6-7-21(16-28)24(31)26-22-8-4-3-5-9-22/h3-5,8-13,21H,6-7,14-16H2,1-2H3,(H,26,31). The zero-order valence-electron chi connectivity index (χ0n) is 19.2. The number of carbonyl (C=O) groups excluding carboxylic acids is 2. The van der Waals surface area contributed by atoms with Gasteiger partial charge in [0.1, 0.15) is 11.4 Å². The van der Waals surface area contributed by atoms with Crippen LogP contribution in [0.5, 0.6) is 0 Å². The van der Waals surface area contributed by atoms with E-state index in [1.807, 2.05) is 42.5 Å². The summed E-state index contributed by atoms with van der Waals surface area (Å²) < 4.78 is 1.60. The molecule has 3 aromatic rings. The Labute approximate surface area is 197 Å². The number of nitro groups is 1. The average Bonchev–Trinajstić information content (AvgIpc) is 3.12. The van der Waals surface area contributed by atoms with Crippen LogP contribution < -0.4 is 5.32 Å². The first kappa shape index (κ1) is 23.2. The van der Waals surface area contributed by atoms with Crippen LogP contribution in [0.25, 0.3) is 0 Å². The van der Waals surface area contributed by atoms with Gasteiger partial charge in [-0.05, 0) is 56.5 Å². The summed E-state index contributed by atoms with van der Waals surface area (Å²) in [7, 11) is 0. The van der Waals surface area contributed by atoms with E-state index in [4.69, 9.17) is 0 Å². The molecule has 0 spiro atoms. The third kappa shape index (κ3) is 4.98. The summed E-state index contributed by atoms with van der Waals surface area (Å²) in [5.41, 5.74) is 3.09. The molecule has 2 aromatic carbocycles. The largest absolute Gasteiger partial charge is 0.338 e. The van der Waals surface area contributed by atoms with Crippen molar-refractivity contribution in [1.29, 1.82) is 0 Å². The maximum absolute atomic E-state index is 13.1. The summed E-state index contributed by atoms with van der Waals surface area (Å²) in [6, 6.07) is 16.5. The lowest BCUT2D eigenvalue weighted by molar-refractivity contribution is -0.386. The van der Waals surface area contributed by atoms with Gasteiger partial charge in [-0.15, -0.1) is 0 Å². The van der Waals surface area contributed by atoms with E-state index in [0.29, 0.717) is 36.6 Å². The highest BCUT2D eigenvalue weighted by atomic mass is 16.6. The minimum Gasteiger partial charge on any atom is -0.338 e. The van der Waals surface area contributed by atoms with Crippen LogP contribution in [0.1, 0.15) is 40.2 Å². The molecule has 1 aromatic heterocycles. The summed E-state index contributed by atoms with van der Waals surface area (Å²) >= 11 is 0. The van der Waals surface area contributed by atoms with Crippen LogP contribution >= 0.6 is 0 Å². The highest BCUT2D eigenvalue weighted by Gasteiger charge is 2.29. The topological polar surface area (TPSA) is 110 Å². The summed E-state index contributed by atoms with van der Waals surface area (Å²) in [5.74, 6) is -0.428. The molecular weight excluding hydrogens is 434 g/mol. The van der Waals surface area contributed by atoms with Crippen molar-refractivity contribution >= 4 is 23.2 Å². The van der Waals surface area contributed by atoms with E-state index in [2.05, 4.69) is 10.4 Å². The van der Waals surface area contributed by atoms with Crippen LogP contribution in [0.2, 0.25) is 0 Å². The Hall–Kier alpha value is -4.01. The summed E-state index contributed by atoms with van der Waals surface area (Å²) in [5, 5.41) is 18.4. The van der Waals surface area contributed by atoms with E-state index in [-0.39, 0.29) is 23.4 Å². The molecule has 2 amide bonds. The van der Waals surface area contributed by atoms with E-state index in [1.165, 1.54) is 0 Å². The lowest BCUT2D eigenvalue weighted by atomic mass is 9.96. The van der Waals surface area contributed by atoms with Crippen molar-refractivity contribution in [3.05, 3.63) is 87.2 Å². The van der Waals surface area contributed by atoms with Gasteiger partial charge in [-0.1, -0.05) is 30.3 Å². The number of aromatic nitrogens is 2. The normalized spacial score (nSPS) is 15.7. The summed E-state index contributed by atoms with van der Waals surface area (Å²) in [6.07, 6.45) is 1.52. The van der Waals surface area contributed by atoms with Crippen molar-refractivity contribution in [2.75, 3.05) is 18.4 Å². The van der Waals surface area contributed by atoms with Crippen molar-refractivity contribution in [1.82, 2.24) is 14.7 Å². The third-order valence-electron chi connectivity index (χ3n) is 6.18. The number of benzene rings is 2. The Bertz CT molecular complexity index is 1200. The smallest absolute Gasteiger partial charge is 0.312 e. The third-order valence-corrected chi connectivity index (χ3v) is 6.18. The molecule has 1 aliphatic heterocycles. The van der Waals surface area contributed by atoms with Crippen LogP contribution in [-0.4, -0.2) is 44.5 Å². The van der Waals surface area contributed by atoms with Crippen LogP contribution in [0.15, 0.2) is 54.6 Å². The quantitative estimate of drug-likeness (QED) is 0.441. The minimum absolute atomic E-state index is 0.0303. The van der Waals surface area contributed by atoms with E-state index in [0.717, 1.165) is 24.1 Å². The Morgan fingerprint density at radius 2 is 1.82 bits per heavy atom. The number of anilines is 1. The first-order valence-electron chi connectivity index (χ1n) is 11.3. The summed E-state index contributed by atoms with van der Waals surface area (Å²) in [4.78, 5) is 38.3. The number of para-hydroxylation sites is 1. The maximum atomic E-state index is 13.1. The molecule has 4 rings (SSSR count). The number of nitrogens with zero attached hydrogens (tertiary/aromatic N) is 4. The fourth-order valence-electron chi connectivity index (χ4n) is 4.36. The number of amides is 2. The maximum Gasteiger partial charge on any atom is 0.312 e. The van der Waals surface area contributed by atoms with Gasteiger partial charge < -0.3 is 10.2 Å². The number of rotatable bonds is 6. The number of nitrogens with one attached hydrogen (secondary N) is 1. The molecule has 0 bridgehead atoms. The average molecular weight is 462 g/mol. The number of piperidine rings is 1. The van der Waals surface area contributed by atoms with Crippen molar-refractivity contribution in [3.63, 3.8) is 0 Å². The van der Waals surface area contributed by atoms with Crippen LogP contribution in [0, 0.1) is 29.9 Å². The predicted octanol–water partition coefficient (Wildman–Crippen LogP) is 3.95. The molecule has 1 saturated heterocycles. The Kier molecular flexibility index (Phi) is 6.72. The van der Waals surface area contributed by atoms with Gasteiger partial charge in [-0.2, -0.15) is 5.10 Å². The van der Waals surface area contributed by atoms with Gasteiger partial charge in [-0.25, -0.2) is 0 Å². The highest BCUT2D eigenvalue weighted by molar-refractivity contribution is 5.96. The molecule has 0 saturated carbocycles. The van der Waals surface area contributed by atoms with Crippen molar-refractivity contribution < 1.29 is 14.5 Å². The van der Waals surface area contributed by atoms with Crippen LogP contribution in [-0.2, 0) is 11.3 Å². The van der Waals surface area contributed by atoms with Crippen LogP contribution in [0.3, 0.4) is 0 Å².